The van der Waals surface area contributed by atoms with Gasteiger partial charge < -0.3 is 14.6 Å². The molecule has 4 aromatic carbocycles. The van der Waals surface area contributed by atoms with Crippen molar-refractivity contribution in [2.24, 2.45) is 0 Å². The highest BCUT2D eigenvalue weighted by atomic mass is 16.5. The van der Waals surface area contributed by atoms with Gasteiger partial charge in [0, 0.05) is 36.6 Å². The molecule has 9 heteroatoms. The lowest BCUT2D eigenvalue weighted by Gasteiger charge is -2.24. The van der Waals surface area contributed by atoms with Crippen LogP contribution in [-0.2, 0) is 14.3 Å². The minimum Gasteiger partial charge on any atom is -0.487 e. The Balaban J connectivity index is 1.54. The van der Waals surface area contributed by atoms with Crippen LogP contribution in [0.5, 0.6) is 5.75 Å². The zero-order valence-electron chi connectivity index (χ0n) is 26.6. The molecule has 0 aliphatic heterocycles. The number of nitrogens with zero attached hydrogens (tertiary/aromatic N) is 2. The molecule has 0 heterocycles. The van der Waals surface area contributed by atoms with Crippen LogP contribution in [0.25, 0.3) is 12.2 Å². The summed E-state index contributed by atoms with van der Waals surface area (Å²) in [5, 5.41) is 9.68. The van der Waals surface area contributed by atoms with Crippen LogP contribution in [0.4, 0.5) is 22.7 Å². The number of hydrogen-bond donors (Lipinski definition) is 1. The monoisotopic (exact) mass is 620 g/mol. The van der Waals surface area contributed by atoms with Crippen molar-refractivity contribution in [3.8, 4) is 5.75 Å². The minimum absolute atomic E-state index is 0.0819. The summed E-state index contributed by atoms with van der Waals surface area (Å²) >= 11 is 0. The van der Waals surface area contributed by atoms with E-state index in [1.807, 2.05) is 57.2 Å². The maximum absolute atomic E-state index is 12.8. The van der Waals surface area contributed by atoms with Crippen molar-refractivity contribution in [1.29, 1.82) is 0 Å². The highest BCUT2D eigenvalue weighted by Gasteiger charge is 2.20. The summed E-state index contributed by atoms with van der Waals surface area (Å²) in [4.78, 5) is 52.0. The molecule has 0 atom stereocenters. The normalized spacial score (nSPS) is 11.2. The van der Waals surface area contributed by atoms with Gasteiger partial charge in [-0.2, -0.15) is 0 Å². The highest BCUT2D eigenvalue weighted by Crippen LogP contribution is 2.32. The summed E-state index contributed by atoms with van der Waals surface area (Å²) in [5.41, 5.74) is 3.91. The van der Waals surface area contributed by atoms with Crippen molar-refractivity contribution in [2.75, 3.05) is 16.9 Å². The van der Waals surface area contributed by atoms with Crippen LogP contribution in [0.2, 0.25) is 0 Å². The fourth-order valence-electron chi connectivity index (χ4n) is 4.80. The molecule has 0 unspecified atom stereocenters. The number of carboxylic acid groups (broad SMARTS) is 1. The van der Waals surface area contributed by atoms with Crippen LogP contribution in [0.1, 0.15) is 66.5 Å². The van der Waals surface area contributed by atoms with Crippen molar-refractivity contribution in [2.45, 2.75) is 40.2 Å². The quantitative estimate of drug-likeness (QED) is 0.150. The third kappa shape index (κ3) is 8.06. The molecule has 46 heavy (non-hydrogen) atoms. The summed E-state index contributed by atoms with van der Waals surface area (Å²) in [6, 6.07) is 25.9. The Bertz CT molecular complexity index is 1770. The van der Waals surface area contributed by atoms with Gasteiger partial charge in [-0.1, -0.05) is 30.4 Å². The van der Waals surface area contributed by atoms with Crippen LogP contribution >= 0.6 is 0 Å². The van der Waals surface area contributed by atoms with E-state index in [1.165, 1.54) is 25.9 Å². The Morgan fingerprint density at radius 2 is 1.07 bits per heavy atom. The van der Waals surface area contributed by atoms with E-state index in [9.17, 15) is 24.3 Å². The Morgan fingerprint density at radius 3 is 1.48 bits per heavy atom. The second-order valence-electron chi connectivity index (χ2n) is 11.5. The number of rotatable bonds is 9. The molecule has 0 radical (unpaired) electrons. The van der Waals surface area contributed by atoms with Crippen LogP contribution in [0.3, 0.4) is 0 Å². The number of carbonyl (C=O) groups excluding carboxylic acids is 3. The Labute approximate surface area is 268 Å². The number of ether oxygens (including phenoxy) is 2. The summed E-state index contributed by atoms with van der Waals surface area (Å²) in [6.45, 7) is 8.49. The van der Waals surface area contributed by atoms with E-state index in [4.69, 9.17) is 9.47 Å². The van der Waals surface area contributed by atoms with Gasteiger partial charge in [0.15, 0.2) is 0 Å². The Morgan fingerprint density at radius 1 is 0.652 bits per heavy atom. The molecular formula is C37H36N2O7. The van der Waals surface area contributed by atoms with Crippen molar-refractivity contribution in [1.82, 2.24) is 0 Å². The molecule has 236 valence electrons. The molecule has 4 aromatic rings. The zero-order chi connectivity index (χ0) is 33.6. The summed E-state index contributed by atoms with van der Waals surface area (Å²) in [5.74, 6) is -1.65. The lowest BCUT2D eigenvalue weighted by Crippen LogP contribution is -2.24. The van der Waals surface area contributed by atoms with Gasteiger partial charge in [-0.15, -0.1) is 0 Å². The number of esters is 1. The number of aromatic carboxylic acids is 1. The first kappa shape index (κ1) is 33.2. The zero-order valence-corrected chi connectivity index (χ0v) is 26.6. The minimum atomic E-state index is -1.07. The lowest BCUT2D eigenvalue weighted by atomic mass is 10.1. The third-order valence-corrected chi connectivity index (χ3v) is 6.81. The number of methoxy groups -OCH3 is 1. The predicted octanol–water partition coefficient (Wildman–Crippen LogP) is 7.89. The van der Waals surface area contributed by atoms with Gasteiger partial charge in [0.1, 0.15) is 16.9 Å². The van der Waals surface area contributed by atoms with Gasteiger partial charge in [0.25, 0.3) is 0 Å². The van der Waals surface area contributed by atoms with E-state index in [0.717, 1.165) is 5.56 Å². The van der Waals surface area contributed by atoms with Gasteiger partial charge >= 0.3 is 11.9 Å². The predicted molar refractivity (Wildman–Crippen MR) is 179 cm³/mol. The van der Waals surface area contributed by atoms with Gasteiger partial charge in [-0.3, -0.25) is 19.4 Å². The number of anilines is 4. The third-order valence-electron chi connectivity index (χ3n) is 6.81. The van der Waals surface area contributed by atoms with Crippen LogP contribution < -0.4 is 14.5 Å². The molecule has 2 amide bonds. The summed E-state index contributed by atoms with van der Waals surface area (Å²) < 4.78 is 10.5. The van der Waals surface area contributed by atoms with E-state index >= 15 is 0 Å². The summed E-state index contributed by atoms with van der Waals surface area (Å²) in [7, 11) is 1.31. The molecule has 0 aromatic heterocycles. The van der Waals surface area contributed by atoms with Crippen LogP contribution in [0, 0.1) is 0 Å². The molecule has 0 fully saturated rings. The molecule has 4 rings (SSSR count). The van der Waals surface area contributed by atoms with Crippen molar-refractivity contribution < 1.29 is 33.8 Å². The molecule has 9 nitrogen and oxygen atoms in total. The SMILES string of the molecule is COC(=O)c1ccc(N(C(C)=O)c2ccc(N(C(C)=O)c3ccc(C=Cc4ccc(OC(C)(C)C)c(C(=O)O)c4)cc3)cc2)cc1. The maximum atomic E-state index is 12.8. The number of amides is 2. The molecule has 0 aliphatic carbocycles. The van der Waals surface area contributed by atoms with Gasteiger partial charge in [0.2, 0.25) is 11.8 Å². The first-order chi connectivity index (χ1) is 21.8. The highest BCUT2D eigenvalue weighted by molar-refractivity contribution is 6.02. The fourth-order valence-corrected chi connectivity index (χ4v) is 4.80. The molecule has 0 saturated heterocycles. The first-order valence-electron chi connectivity index (χ1n) is 14.5. The maximum Gasteiger partial charge on any atom is 0.339 e. The number of benzene rings is 4. The molecule has 0 spiro atoms. The van der Waals surface area contributed by atoms with E-state index < -0.39 is 17.5 Å². The Hall–Kier alpha value is -5.70. The van der Waals surface area contributed by atoms with Crippen LogP contribution in [-0.4, -0.2) is 41.6 Å². The number of carboxylic acids is 1. The average Bonchev–Trinajstić information content (AvgIpc) is 3.01. The molecule has 1 N–H and O–H groups in total. The second-order valence-corrected chi connectivity index (χ2v) is 11.5. The van der Waals surface area contributed by atoms with Gasteiger partial charge in [-0.25, -0.2) is 9.59 Å². The second kappa shape index (κ2) is 13.9. The van der Waals surface area contributed by atoms with E-state index in [2.05, 4.69) is 0 Å². The molecule has 0 aliphatic rings. The number of carbonyl (C=O) groups is 4. The topological polar surface area (TPSA) is 113 Å². The van der Waals surface area contributed by atoms with E-state index in [1.54, 1.807) is 71.6 Å². The van der Waals surface area contributed by atoms with Gasteiger partial charge in [-0.05, 0) is 105 Å². The average molecular weight is 621 g/mol. The van der Waals surface area contributed by atoms with Gasteiger partial charge in [0.05, 0.1) is 12.7 Å². The molecular weight excluding hydrogens is 584 g/mol. The fraction of sp³-hybridized carbons (Fsp3) is 0.189. The largest absolute Gasteiger partial charge is 0.487 e. The van der Waals surface area contributed by atoms with Crippen molar-refractivity contribution in [3.05, 3.63) is 113 Å². The van der Waals surface area contributed by atoms with Crippen LogP contribution in [0.15, 0.2) is 91.0 Å². The molecule has 0 saturated carbocycles. The smallest absolute Gasteiger partial charge is 0.339 e. The summed E-state index contributed by atoms with van der Waals surface area (Å²) in [6.07, 6.45) is 3.67. The number of hydrogen-bond acceptors (Lipinski definition) is 6. The van der Waals surface area contributed by atoms with E-state index in [0.29, 0.717) is 39.6 Å². The standard InChI is InChI=1S/C37H36N2O7/c1-24(40)38(31-18-20-32(21-19-31)39(25(2)41)30-16-12-28(13-17-30)36(44)45-6)29-14-9-26(10-15-29)7-8-27-11-22-34(46-37(3,4)5)33(23-27)35(42)43/h7-23H,1-6H3,(H,42,43). The lowest BCUT2D eigenvalue weighted by molar-refractivity contribution is -0.116. The van der Waals surface area contributed by atoms with Crippen molar-refractivity contribution in [3.63, 3.8) is 0 Å². The first-order valence-corrected chi connectivity index (χ1v) is 14.5. The molecule has 0 bridgehead atoms. The Kier molecular flexibility index (Phi) is 10.1. The van der Waals surface area contributed by atoms with Crippen molar-refractivity contribution >= 4 is 58.7 Å². The van der Waals surface area contributed by atoms with E-state index in [-0.39, 0.29) is 17.4 Å².